The number of rotatable bonds is 4. The quantitative estimate of drug-likeness (QED) is 0.711. The van der Waals surface area contributed by atoms with Crippen molar-refractivity contribution in [3.63, 3.8) is 0 Å². The molecule has 0 aliphatic carbocycles. The average Bonchev–Trinajstić information content (AvgIpc) is 2.28. The molecule has 1 aromatic heterocycles. The molecule has 0 saturated heterocycles. The minimum absolute atomic E-state index is 0.207. The Labute approximate surface area is 100 Å². The molecule has 1 unspecified atom stereocenters. The molecule has 94 valence electrons. The third-order valence-corrected chi connectivity index (χ3v) is 3.13. The van der Waals surface area contributed by atoms with Gasteiger partial charge in [-0.2, -0.15) is 0 Å². The topological polar surface area (TPSA) is 88.0 Å². The van der Waals surface area contributed by atoms with E-state index in [2.05, 4.69) is 10.3 Å². The van der Waals surface area contributed by atoms with Gasteiger partial charge in [-0.05, 0) is 18.9 Å². The monoisotopic (exact) mass is 237 g/mol. The van der Waals surface area contributed by atoms with E-state index in [1.165, 1.54) is 12.3 Å². The Hall–Kier alpha value is -1.62. The van der Waals surface area contributed by atoms with Crippen LogP contribution in [0.25, 0.3) is 0 Å². The number of carbonyl (C=O) groups excluding carboxylic acids is 1. The van der Waals surface area contributed by atoms with Crippen LogP contribution >= 0.6 is 0 Å². The first-order chi connectivity index (χ1) is 7.89. The van der Waals surface area contributed by atoms with Crippen molar-refractivity contribution in [2.75, 3.05) is 6.54 Å². The van der Waals surface area contributed by atoms with Gasteiger partial charge in [-0.25, -0.2) is 0 Å². The number of H-pyrrole nitrogens is 1. The van der Waals surface area contributed by atoms with Crippen molar-refractivity contribution in [3.05, 3.63) is 34.2 Å². The number of aromatic nitrogens is 1. The van der Waals surface area contributed by atoms with Crippen LogP contribution in [0.1, 0.15) is 31.1 Å². The van der Waals surface area contributed by atoms with Crippen LogP contribution in [-0.2, 0) is 0 Å². The highest BCUT2D eigenvalue weighted by atomic mass is 16.2. The van der Waals surface area contributed by atoms with E-state index in [1.54, 1.807) is 6.07 Å². The second-order valence-corrected chi connectivity index (χ2v) is 4.67. The summed E-state index contributed by atoms with van der Waals surface area (Å²) in [5.41, 5.74) is 5.26. The number of amides is 1. The highest BCUT2D eigenvalue weighted by molar-refractivity contribution is 5.94. The van der Waals surface area contributed by atoms with Crippen LogP contribution in [0.5, 0.6) is 0 Å². The summed E-state index contributed by atoms with van der Waals surface area (Å²) in [6.07, 6.45) is 1.45. The summed E-state index contributed by atoms with van der Waals surface area (Å²) < 4.78 is 0. The summed E-state index contributed by atoms with van der Waals surface area (Å²) in [6, 6.07) is 2.83. The Kier molecular flexibility index (Phi) is 4.07. The number of pyridine rings is 1. The molecule has 0 aliphatic heterocycles. The van der Waals surface area contributed by atoms with Gasteiger partial charge in [-0.3, -0.25) is 9.59 Å². The maximum Gasteiger partial charge on any atom is 0.252 e. The van der Waals surface area contributed by atoms with Crippen LogP contribution in [-0.4, -0.2) is 23.0 Å². The summed E-state index contributed by atoms with van der Waals surface area (Å²) >= 11 is 0. The van der Waals surface area contributed by atoms with Crippen molar-refractivity contribution >= 4 is 5.91 Å². The molecule has 0 radical (unpaired) electrons. The molecular weight excluding hydrogens is 218 g/mol. The Morgan fingerprint density at radius 2 is 2.24 bits per heavy atom. The predicted octanol–water partition coefficient (Wildman–Crippen LogP) is 0.478. The first kappa shape index (κ1) is 13.4. The number of aromatic amines is 1. The summed E-state index contributed by atoms with van der Waals surface area (Å²) in [5, 5.41) is 2.87. The maximum absolute atomic E-state index is 12.0. The Balaban J connectivity index is 2.89. The zero-order chi connectivity index (χ0) is 13.1. The molecule has 5 heteroatoms. The van der Waals surface area contributed by atoms with E-state index in [4.69, 9.17) is 5.73 Å². The summed E-state index contributed by atoms with van der Waals surface area (Å²) in [5.74, 6) is -0.0730. The minimum atomic E-state index is -0.473. The number of carbonyl (C=O) groups is 1. The van der Waals surface area contributed by atoms with E-state index in [1.807, 2.05) is 20.8 Å². The largest absolute Gasteiger partial charge is 0.345 e. The maximum atomic E-state index is 12.0. The molecule has 1 amide bonds. The minimum Gasteiger partial charge on any atom is -0.345 e. The lowest BCUT2D eigenvalue weighted by atomic mass is 9.88. The molecule has 1 atom stereocenters. The van der Waals surface area contributed by atoms with Crippen molar-refractivity contribution in [1.82, 2.24) is 10.3 Å². The molecular formula is C12H19N3O2. The second kappa shape index (κ2) is 5.14. The van der Waals surface area contributed by atoms with Crippen molar-refractivity contribution in [2.24, 2.45) is 11.7 Å². The van der Waals surface area contributed by atoms with Crippen molar-refractivity contribution < 1.29 is 4.79 Å². The molecule has 0 aliphatic rings. The first-order valence-corrected chi connectivity index (χ1v) is 5.60. The van der Waals surface area contributed by atoms with Gasteiger partial charge in [-0.1, -0.05) is 13.8 Å². The molecule has 5 nitrogen and oxygen atoms in total. The third-order valence-electron chi connectivity index (χ3n) is 3.13. The average molecular weight is 237 g/mol. The van der Waals surface area contributed by atoms with Gasteiger partial charge in [0, 0.05) is 24.4 Å². The van der Waals surface area contributed by atoms with E-state index in [0.29, 0.717) is 12.1 Å². The standard InChI is InChI=1S/C12H19N3O2/c1-8(2)12(3,7-13)15-11(17)9-4-5-14-10(16)6-9/h4-6,8H,7,13H2,1-3H3,(H,14,16)(H,15,17). The van der Waals surface area contributed by atoms with Gasteiger partial charge in [0.15, 0.2) is 0 Å². The number of hydrogen-bond donors (Lipinski definition) is 3. The van der Waals surface area contributed by atoms with Gasteiger partial charge in [0.25, 0.3) is 5.91 Å². The summed E-state index contributed by atoms with van der Waals surface area (Å²) in [6.45, 7) is 6.22. The molecule has 0 spiro atoms. The molecule has 1 aromatic rings. The molecule has 0 aromatic carbocycles. The second-order valence-electron chi connectivity index (χ2n) is 4.67. The number of nitrogens with two attached hydrogens (primary N) is 1. The Morgan fingerprint density at radius 1 is 1.59 bits per heavy atom. The summed E-state index contributed by atoms with van der Waals surface area (Å²) in [7, 11) is 0. The van der Waals surface area contributed by atoms with Crippen LogP contribution in [0.15, 0.2) is 23.1 Å². The fourth-order valence-electron chi connectivity index (χ4n) is 1.35. The van der Waals surface area contributed by atoms with Crippen LogP contribution in [0, 0.1) is 5.92 Å². The van der Waals surface area contributed by atoms with Crippen molar-refractivity contribution in [3.8, 4) is 0 Å². The SMILES string of the molecule is CC(C)C(C)(CN)NC(=O)c1cc[nH]c(=O)c1. The van der Waals surface area contributed by atoms with Gasteiger partial charge in [0.2, 0.25) is 5.56 Å². The van der Waals surface area contributed by atoms with E-state index in [-0.39, 0.29) is 17.4 Å². The normalized spacial score (nSPS) is 14.4. The molecule has 0 saturated carbocycles. The van der Waals surface area contributed by atoms with Crippen LogP contribution < -0.4 is 16.6 Å². The van der Waals surface area contributed by atoms with Gasteiger partial charge in [0.05, 0.1) is 5.54 Å². The van der Waals surface area contributed by atoms with Crippen molar-refractivity contribution in [2.45, 2.75) is 26.3 Å². The van der Waals surface area contributed by atoms with Gasteiger partial charge >= 0.3 is 0 Å². The predicted molar refractivity (Wildman–Crippen MR) is 66.8 cm³/mol. The van der Waals surface area contributed by atoms with Gasteiger partial charge < -0.3 is 16.0 Å². The molecule has 17 heavy (non-hydrogen) atoms. The smallest absolute Gasteiger partial charge is 0.252 e. The van der Waals surface area contributed by atoms with Crippen LogP contribution in [0.4, 0.5) is 0 Å². The summed E-state index contributed by atoms with van der Waals surface area (Å²) in [4.78, 5) is 25.5. The fourth-order valence-corrected chi connectivity index (χ4v) is 1.35. The lowest BCUT2D eigenvalue weighted by Crippen LogP contribution is -2.55. The zero-order valence-corrected chi connectivity index (χ0v) is 10.4. The fraction of sp³-hybridized carbons (Fsp3) is 0.500. The van der Waals surface area contributed by atoms with Gasteiger partial charge in [0.1, 0.15) is 0 Å². The molecule has 0 bridgehead atoms. The lowest BCUT2D eigenvalue weighted by molar-refractivity contribution is 0.0883. The Morgan fingerprint density at radius 3 is 2.71 bits per heavy atom. The zero-order valence-electron chi connectivity index (χ0n) is 10.4. The first-order valence-electron chi connectivity index (χ1n) is 5.60. The van der Waals surface area contributed by atoms with E-state index in [9.17, 15) is 9.59 Å². The number of hydrogen-bond acceptors (Lipinski definition) is 3. The van der Waals surface area contributed by atoms with Crippen molar-refractivity contribution in [1.29, 1.82) is 0 Å². The number of nitrogens with one attached hydrogen (secondary N) is 2. The highest BCUT2D eigenvalue weighted by Gasteiger charge is 2.28. The molecule has 1 rings (SSSR count). The van der Waals surface area contributed by atoms with Crippen LogP contribution in [0.2, 0.25) is 0 Å². The Bertz CT molecular complexity index is 453. The molecule has 1 heterocycles. The van der Waals surface area contributed by atoms with E-state index >= 15 is 0 Å². The van der Waals surface area contributed by atoms with Gasteiger partial charge in [-0.15, -0.1) is 0 Å². The third kappa shape index (κ3) is 3.17. The van der Waals surface area contributed by atoms with E-state index < -0.39 is 5.54 Å². The van der Waals surface area contributed by atoms with E-state index in [0.717, 1.165) is 0 Å². The lowest BCUT2D eigenvalue weighted by Gasteiger charge is -2.33. The van der Waals surface area contributed by atoms with Crippen LogP contribution in [0.3, 0.4) is 0 Å². The molecule has 4 N–H and O–H groups in total. The molecule has 0 fully saturated rings. The highest BCUT2D eigenvalue weighted by Crippen LogP contribution is 2.15.